The maximum atomic E-state index is 13.1. The van der Waals surface area contributed by atoms with E-state index in [0.29, 0.717) is 18.1 Å². The number of likely N-dealkylation sites (tertiary alicyclic amines) is 2. The quantitative estimate of drug-likeness (QED) is 0.823. The van der Waals surface area contributed by atoms with Gasteiger partial charge in [-0.1, -0.05) is 0 Å². The number of anilines is 1. The molecular formula is C20H32N4O. The summed E-state index contributed by atoms with van der Waals surface area (Å²) < 4.78 is 0. The Kier molecular flexibility index (Phi) is 5.62. The second kappa shape index (κ2) is 7.73. The van der Waals surface area contributed by atoms with Crippen molar-refractivity contribution in [1.29, 1.82) is 0 Å². The monoisotopic (exact) mass is 344 g/mol. The van der Waals surface area contributed by atoms with Crippen molar-refractivity contribution in [3.8, 4) is 0 Å². The van der Waals surface area contributed by atoms with Gasteiger partial charge in [0.2, 0.25) is 0 Å². The van der Waals surface area contributed by atoms with Gasteiger partial charge in [-0.15, -0.1) is 0 Å². The fourth-order valence-corrected chi connectivity index (χ4v) is 4.51. The van der Waals surface area contributed by atoms with E-state index in [0.717, 1.165) is 43.9 Å². The number of hydrogen-bond acceptors (Lipinski definition) is 4. The Balaban J connectivity index is 1.74. The zero-order valence-corrected chi connectivity index (χ0v) is 16.1. The predicted octanol–water partition coefficient (Wildman–Crippen LogP) is 3.02. The highest BCUT2D eigenvalue weighted by molar-refractivity contribution is 5.94. The van der Waals surface area contributed by atoms with Gasteiger partial charge in [0.25, 0.3) is 5.91 Å². The number of pyridine rings is 1. The van der Waals surface area contributed by atoms with Crippen LogP contribution < -0.4 is 4.90 Å². The first-order chi connectivity index (χ1) is 12.0. The molecule has 0 saturated carbocycles. The Morgan fingerprint density at radius 1 is 1.24 bits per heavy atom. The smallest absolute Gasteiger partial charge is 0.255 e. The van der Waals surface area contributed by atoms with Crippen molar-refractivity contribution in [3.63, 3.8) is 0 Å². The maximum Gasteiger partial charge on any atom is 0.255 e. The molecule has 0 radical (unpaired) electrons. The molecule has 0 bridgehead atoms. The van der Waals surface area contributed by atoms with E-state index < -0.39 is 0 Å². The van der Waals surface area contributed by atoms with Crippen LogP contribution in [0, 0.1) is 0 Å². The van der Waals surface area contributed by atoms with Crippen molar-refractivity contribution in [2.75, 3.05) is 31.6 Å². The van der Waals surface area contributed by atoms with Crippen molar-refractivity contribution in [3.05, 3.63) is 23.9 Å². The zero-order valence-electron chi connectivity index (χ0n) is 16.1. The molecule has 2 fully saturated rings. The van der Waals surface area contributed by atoms with Crippen molar-refractivity contribution >= 4 is 11.7 Å². The summed E-state index contributed by atoms with van der Waals surface area (Å²) in [5.74, 6) is 1.09. The number of carbonyl (C=O) groups is 1. The molecule has 2 saturated heterocycles. The Morgan fingerprint density at radius 2 is 1.96 bits per heavy atom. The minimum Gasteiger partial charge on any atom is -0.354 e. The summed E-state index contributed by atoms with van der Waals surface area (Å²) in [7, 11) is 2.19. The topological polar surface area (TPSA) is 39.7 Å². The summed E-state index contributed by atoms with van der Waals surface area (Å²) in [6.07, 6.45) is 6.46. The molecule has 0 unspecified atom stereocenters. The molecule has 25 heavy (non-hydrogen) atoms. The summed E-state index contributed by atoms with van der Waals surface area (Å²) in [6.45, 7) is 9.41. The summed E-state index contributed by atoms with van der Waals surface area (Å²) in [6, 6.07) is 5.23. The van der Waals surface area contributed by atoms with E-state index in [9.17, 15) is 4.79 Å². The fourth-order valence-electron chi connectivity index (χ4n) is 4.51. The number of amides is 1. The maximum absolute atomic E-state index is 13.1. The molecule has 0 spiro atoms. The first kappa shape index (κ1) is 18.2. The normalized spacial score (nSPS) is 24.3. The largest absolute Gasteiger partial charge is 0.354 e. The molecule has 1 aromatic rings. The molecular weight excluding hydrogens is 312 g/mol. The average Bonchev–Trinajstić information content (AvgIpc) is 3.23. The highest BCUT2D eigenvalue weighted by Gasteiger charge is 2.38. The van der Waals surface area contributed by atoms with Crippen LogP contribution in [-0.4, -0.2) is 65.5 Å². The number of carbonyl (C=O) groups excluding carboxylic acids is 1. The number of likely N-dealkylation sites (N-methyl/N-ethyl adjacent to an activating group) is 1. The van der Waals surface area contributed by atoms with E-state index in [-0.39, 0.29) is 5.91 Å². The lowest BCUT2D eigenvalue weighted by Crippen LogP contribution is -2.47. The fraction of sp³-hybridized carbons (Fsp3) is 0.700. The van der Waals surface area contributed by atoms with Gasteiger partial charge in [-0.2, -0.15) is 0 Å². The lowest BCUT2D eigenvalue weighted by atomic mass is 10.0. The van der Waals surface area contributed by atoms with Crippen molar-refractivity contribution in [1.82, 2.24) is 14.8 Å². The molecule has 1 aromatic heterocycles. The van der Waals surface area contributed by atoms with Gasteiger partial charge in [-0.25, -0.2) is 4.98 Å². The van der Waals surface area contributed by atoms with Gasteiger partial charge < -0.3 is 14.7 Å². The van der Waals surface area contributed by atoms with Gasteiger partial charge in [0, 0.05) is 37.4 Å². The van der Waals surface area contributed by atoms with E-state index >= 15 is 0 Å². The summed E-state index contributed by atoms with van der Waals surface area (Å²) in [4.78, 5) is 24.4. The molecule has 5 nitrogen and oxygen atoms in total. The minimum absolute atomic E-state index is 0.148. The van der Waals surface area contributed by atoms with E-state index in [4.69, 9.17) is 0 Å². The minimum atomic E-state index is 0.148. The van der Waals surface area contributed by atoms with E-state index in [2.05, 4.69) is 47.5 Å². The molecule has 0 N–H and O–H groups in total. The van der Waals surface area contributed by atoms with Gasteiger partial charge in [0.1, 0.15) is 5.82 Å². The van der Waals surface area contributed by atoms with Crippen molar-refractivity contribution < 1.29 is 4.79 Å². The summed E-state index contributed by atoms with van der Waals surface area (Å²) in [5.41, 5.74) is 0.719. The number of nitrogens with zero attached hydrogens (tertiary/aromatic N) is 4. The molecule has 1 amide bonds. The van der Waals surface area contributed by atoms with Crippen LogP contribution in [0.25, 0.3) is 0 Å². The molecule has 5 heteroatoms. The lowest BCUT2D eigenvalue weighted by Gasteiger charge is -2.33. The number of aromatic nitrogens is 1. The molecule has 0 aliphatic carbocycles. The summed E-state index contributed by atoms with van der Waals surface area (Å²) in [5, 5.41) is 0. The second-order valence-corrected chi connectivity index (χ2v) is 7.68. The highest BCUT2D eigenvalue weighted by atomic mass is 16.2. The van der Waals surface area contributed by atoms with Gasteiger partial charge in [-0.05, 0) is 72.2 Å². The molecule has 3 heterocycles. The van der Waals surface area contributed by atoms with Crippen LogP contribution in [0.4, 0.5) is 5.82 Å². The van der Waals surface area contributed by atoms with E-state index in [1.54, 1.807) is 6.20 Å². The van der Waals surface area contributed by atoms with E-state index in [1.807, 2.05) is 12.1 Å². The first-order valence-corrected chi connectivity index (χ1v) is 9.76. The third-order valence-corrected chi connectivity index (χ3v) is 5.83. The lowest BCUT2D eigenvalue weighted by molar-refractivity contribution is 0.0664. The molecule has 2 atom stereocenters. The zero-order chi connectivity index (χ0) is 18.0. The Morgan fingerprint density at radius 3 is 2.52 bits per heavy atom. The third kappa shape index (κ3) is 3.66. The predicted molar refractivity (Wildman–Crippen MR) is 102 cm³/mol. The van der Waals surface area contributed by atoms with Crippen molar-refractivity contribution in [2.45, 2.75) is 64.6 Å². The van der Waals surface area contributed by atoms with Gasteiger partial charge in [0.15, 0.2) is 0 Å². The average molecular weight is 345 g/mol. The Bertz CT molecular complexity index is 586. The third-order valence-electron chi connectivity index (χ3n) is 5.83. The SMILES string of the molecule is CCN(c1ccc(C(=O)N2CCC[C@@H]2[C@H]2CCCN2C)cn1)C(C)C. The van der Waals surface area contributed by atoms with Crippen LogP contribution in [0.1, 0.15) is 56.8 Å². The van der Waals surface area contributed by atoms with Crippen molar-refractivity contribution in [2.24, 2.45) is 0 Å². The molecule has 2 aliphatic rings. The van der Waals surface area contributed by atoms with E-state index in [1.165, 1.54) is 12.8 Å². The van der Waals surface area contributed by atoms with Crippen LogP contribution in [0.5, 0.6) is 0 Å². The van der Waals surface area contributed by atoms with Crippen LogP contribution in [0.3, 0.4) is 0 Å². The second-order valence-electron chi connectivity index (χ2n) is 7.68. The van der Waals surface area contributed by atoms with Gasteiger partial charge >= 0.3 is 0 Å². The Labute approximate surface area is 152 Å². The van der Waals surface area contributed by atoms with Gasteiger partial charge in [0.05, 0.1) is 5.56 Å². The standard InChI is InChI=1S/C20H32N4O/c1-5-23(15(2)3)19-11-10-16(14-21-19)20(25)24-13-7-9-18(24)17-8-6-12-22(17)4/h10-11,14-15,17-18H,5-9,12-13H2,1-4H3/t17-,18-/m1/s1. The van der Waals surface area contributed by atoms with Crippen LogP contribution >= 0.6 is 0 Å². The number of rotatable bonds is 5. The molecule has 0 aromatic carbocycles. The molecule has 2 aliphatic heterocycles. The first-order valence-electron chi connectivity index (χ1n) is 9.76. The van der Waals surface area contributed by atoms with Crippen LogP contribution in [0.2, 0.25) is 0 Å². The summed E-state index contributed by atoms with van der Waals surface area (Å²) >= 11 is 0. The Hall–Kier alpha value is -1.62. The van der Waals surface area contributed by atoms with Gasteiger partial charge in [-0.3, -0.25) is 4.79 Å². The molecule has 3 rings (SSSR count). The van der Waals surface area contributed by atoms with Crippen LogP contribution in [0.15, 0.2) is 18.3 Å². The molecule has 138 valence electrons. The van der Waals surface area contributed by atoms with Crippen LogP contribution in [-0.2, 0) is 0 Å². The number of hydrogen-bond donors (Lipinski definition) is 0. The highest BCUT2D eigenvalue weighted by Crippen LogP contribution is 2.30.